The minimum atomic E-state index is -0.536. The molecule has 112 valence electrons. The number of benzene rings is 1. The van der Waals surface area contributed by atoms with Crippen molar-refractivity contribution in [3.63, 3.8) is 0 Å². The van der Waals surface area contributed by atoms with Gasteiger partial charge in [0.2, 0.25) is 0 Å². The summed E-state index contributed by atoms with van der Waals surface area (Å²) in [5.74, 6) is 0.474. The van der Waals surface area contributed by atoms with E-state index in [9.17, 15) is 9.90 Å². The van der Waals surface area contributed by atoms with Crippen LogP contribution in [0.4, 0.5) is 10.5 Å². The molecule has 1 rings (SSSR count). The van der Waals surface area contributed by atoms with Crippen molar-refractivity contribution >= 4 is 11.7 Å². The third-order valence-electron chi connectivity index (χ3n) is 3.17. The molecule has 0 heterocycles. The molecule has 0 aliphatic carbocycles. The van der Waals surface area contributed by atoms with Gasteiger partial charge in [0.15, 0.2) is 0 Å². The minimum absolute atomic E-state index is 0.0412. The van der Waals surface area contributed by atoms with E-state index in [2.05, 4.69) is 19.2 Å². The van der Waals surface area contributed by atoms with Crippen molar-refractivity contribution in [1.82, 2.24) is 4.90 Å². The van der Waals surface area contributed by atoms with Crippen LogP contribution in [0, 0.1) is 0 Å². The van der Waals surface area contributed by atoms with Crippen LogP contribution in [0.15, 0.2) is 24.3 Å². The SMILES string of the molecule is CC(O)CN(C(=O)Nc1ccc(C(C)C)cc1)C(C)C. The Morgan fingerprint density at radius 2 is 1.70 bits per heavy atom. The molecule has 0 fully saturated rings. The maximum Gasteiger partial charge on any atom is 0.322 e. The summed E-state index contributed by atoms with van der Waals surface area (Å²) in [7, 11) is 0. The van der Waals surface area contributed by atoms with Crippen molar-refractivity contribution in [2.75, 3.05) is 11.9 Å². The zero-order valence-corrected chi connectivity index (χ0v) is 13.1. The maximum absolute atomic E-state index is 12.2. The molecule has 0 radical (unpaired) electrons. The molecule has 1 unspecified atom stereocenters. The molecule has 4 heteroatoms. The van der Waals surface area contributed by atoms with Gasteiger partial charge in [-0.15, -0.1) is 0 Å². The second kappa shape index (κ2) is 7.29. The van der Waals surface area contributed by atoms with Crippen molar-refractivity contribution in [2.45, 2.75) is 52.7 Å². The van der Waals surface area contributed by atoms with E-state index in [1.165, 1.54) is 5.56 Å². The van der Waals surface area contributed by atoms with Crippen LogP contribution >= 0.6 is 0 Å². The van der Waals surface area contributed by atoms with Gasteiger partial charge in [-0.2, -0.15) is 0 Å². The van der Waals surface area contributed by atoms with Crippen molar-refractivity contribution in [2.24, 2.45) is 0 Å². The molecule has 4 nitrogen and oxygen atoms in total. The van der Waals surface area contributed by atoms with E-state index < -0.39 is 6.10 Å². The van der Waals surface area contributed by atoms with Crippen molar-refractivity contribution in [3.8, 4) is 0 Å². The van der Waals surface area contributed by atoms with Gasteiger partial charge in [0.05, 0.1) is 6.10 Å². The van der Waals surface area contributed by atoms with E-state index in [0.29, 0.717) is 12.5 Å². The van der Waals surface area contributed by atoms with E-state index in [1.54, 1.807) is 11.8 Å². The fourth-order valence-electron chi connectivity index (χ4n) is 1.96. The number of carbonyl (C=O) groups excluding carboxylic acids is 1. The third-order valence-corrected chi connectivity index (χ3v) is 3.17. The number of nitrogens with zero attached hydrogens (tertiary/aromatic N) is 1. The highest BCUT2D eigenvalue weighted by Gasteiger charge is 2.18. The highest BCUT2D eigenvalue weighted by Crippen LogP contribution is 2.17. The van der Waals surface area contributed by atoms with Gasteiger partial charge in [0, 0.05) is 18.3 Å². The highest BCUT2D eigenvalue weighted by molar-refractivity contribution is 5.89. The number of rotatable bonds is 5. The normalized spacial score (nSPS) is 12.6. The van der Waals surface area contributed by atoms with Gasteiger partial charge < -0.3 is 15.3 Å². The summed E-state index contributed by atoms with van der Waals surface area (Å²) in [6, 6.07) is 7.73. The number of aliphatic hydroxyl groups is 1. The quantitative estimate of drug-likeness (QED) is 0.867. The van der Waals surface area contributed by atoms with Crippen LogP contribution in [0.3, 0.4) is 0 Å². The lowest BCUT2D eigenvalue weighted by molar-refractivity contribution is 0.125. The maximum atomic E-state index is 12.2. The number of carbonyl (C=O) groups is 1. The number of hydrogen-bond donors (Lipinski definition) is 2. The number of anilines is 1. The minimum Gasteiger partial charge on any atom is -0.392 e. The molecule has 0 aromatic heterocycles. The van der Waals surface area contributed by atoms with Crippen molar-refractivity contribution in [1.29, 1.82) is 0 Å². The zero-order chi connectivity index (χ0) is 15.3. The summed E-state index contributed by atoms with van der Waals surface area (Å²) < 4.78 is 0. The molecule has 0 spiro atoms. The summed E-state index contributed by atoms with van der Waals surface area (Å²) in [6.07, 6.45) is -0.536. The highest BCUT2D eigenvalue weighted by atomic mass is 16.3. The Morgan fingerprint density at radius 1 is 1.15 bits per heavy atom. The first kappa shape index (κ1) is 16.5. The van der Waals surface area contributed by atoms with Gasteiger partial charge in [-0.25, -0.2) is 4.79 Å². The van der Waals surface area contributed by atoms with E-state index in [0.717, 1.165) is 5.69 Å². The molecule has 0 saturated carbocycles. The fraction of sp³-hybridized carbons (Fsp3) is 0.562. The second-order valence-corrected chi connectivity index (χ2v) is 5.80. The second-order valence-electron chi connectivity index (χ2n) is 5.80. The van der Waals surface area contributed by atoms with Gasteiger partial charge >= 0.3 is 6.03 Å². The number of aliphatic hydroxyl groups excluding tert-OH is 1. The predicted octanol–water partition coefficient (Wildman–Crippen LogP) is 3.43. The molecular weight excluding hydrogens is 252 g/mol. The Kier molecular flexibility index (Phi) is 6.02. The lowest BCUT2D eigenvalue weighted by Crippen LogP contribution is -2.43. The van der Waals surface area contributed by atoms with Crippen molar-refractivity contribution in [3.05, 3.63) is 29.8 Å². The molecule has 1 atom stereocenters. The first-order chi connectivity index (χ1) is 9.31. The predicted molar refractivity (Wildman–Crippen MR) is 83.1 cm³/mol. The van der Waals surface area contributed by atoms with Crippen LogP contribution in [0.1, 0.15) is 46.1 Å². The van der Waals surface area contributed by atoms with Crippen molar-refractivity contribution < 1.29 is 9.90 Å². The van der Waals surface area contributed by atoms with E-state index >= 15 is 0 Å². The van der Waals surface area contributed by atoms with Gasteiger partial charge in [-0.1, -0.05) is 26.0 Å². The molecule has 0 aliphatic heterocycles. The summed E-state index contributed by atoms with van der Waals surface area (Å²) in [5, 5.41) is 12.3. The van der Waals surface area contributed by atoms with Gasteiger partial charge in [0.25, 0.3) is 0 Å². The van der Waals surface area contributed by atoms with Crippen LogP contribution in [0.5, 0.6) is 0 Å². The van der Waals surface area contributed by atoms with Crippen LogP contribution in [0.25, 0.3) is 0 Å². The number of amides is 2. The smallest absolute Gasteiger partial charge is 0.322 e. The first-order valence-corrected chi connectivity index (χ1v) is 7.17. The Hall–Kier alpha value is -1.55. The molecule has 2 amide bonds. The molecular formula is C16H26N2O2. The Morgan fingerprint density at radius 3 is 2.10 bits per heavy atom. The lowest BCUT2D eigenvalue weighted by atomic mass is 10.0. The standard InChI is InChI=1S/C16H26N2O2/c1-11(2)14-6-8-15(9-7-14)17-16(20)18(12(3)4)10-13(5)19/h6-9,11-13,19H,10H2,1-5H3,(H,17,20). The van der Waals surface area contributed by atoms with Gasteiger partial charge in [-0.05, 0) is 44.4 Å². The van der Waals surface area contributed by atoms with Crippen LogP contribution < -0.4 is 5.32 Å². The molecule has 1 aromatic rings. The number of urea groups is 1. The summed E-state index contributed by atoms with van der Waals surface area (Å²) in [4.78, 5) is 13.8. The fourth-order valence-corrected chi connectivity index (χ4v) is 1.96. The van der Waals surface area contributed by atoms with E-state index in [1.807, 2.05) is 38.1 Å². The number of hydrogen-bond acceptors (Lipinski definition) is 2. The molecule has 20 heavy (non-hydrogen) atoms. The summed E-state index contributed by atoms with van der Waals surface area (Å²) in [6.45, 7) is 10.1. The largest absolute Gasteiger partial charge is 0.392 e. The monoisotopic (exact) mass is 278 g/mol. The lowest BCUT2D eigenvalue weighted by Gasteiger charge is -2.28. The Bertz CT molecular complexity index is 425. The summed E-state index contributed by atoms with van der Waals surface area (Å²) in [5.41, 5.74) is 2.02. The molecule has 0 aliphatic rings. The number of nitrogens with one attached hydrogen (secondary N) is 1. The average molecular weight is 278 g/mol. The molecule has 2 N–H and O–H groups in total. The molecule has 0 saturated heterocycles. The third kappa shape index (κ3) is 4.85. The zero-order valence-electron chi connectivity index (χ0n) is 13.1. The topological polar surface area (TPSA) is 52.6 Å². The van der Waals surface area contributed by atoms with Crippen LogP contribution in [-0.4, -0.2) is 34.7 Å². The summed E-state index contributed by atoms with van der Waals surface area (Å²) >= 11 is 0. The molecule has 1 aromatic carbocycles. The van der Waals surface area contributed by atoms with E-state index in [4.69, 9.17) is 0 Å². The van der Waals surface area contributed by atoms with E-state index in [-0.39, 0.29) is 12.1 Å². The first-order valence-electron chi connectivity index (χ1n) is 7.17. The molecule has 0 bridgehead atoms. The average Bonchev–Trinajstić information content (AvgIpc) is 2.35. The van der Waals surface area contributed by atoms with Gasteiger partial charge in [-0.3, -0.25) is 0 Å². The van der Waals surface area contributed by atoms with Gasteiger partial charge in [0.1, 0.15) is 0 Å². The van der Waals surface area contributed by atoms with Crippen LogP contribution in [0.2, 0.25) is 0 Å². The Balaban J connectivity index is 2.72. The Labute approximate surface area is 121 Å². The van der Waals surface area contributed by atoms with Crippen LogP contribution in [-0.2, 0) is 0 Å².